The standard InChI is InChI=1S/C27H29N5O3.CH2O2/c1-18(2)15-23(26-29-12-13-30-26)31-27(35)24(16-25(33)34)32-14-9-22(17-32)20-5-3-19(4-6-20)21-7-10-28-11-8-21;2-1-3/h3-14,17-18,23-24H,15-16H2,1-2H3,(H,29,30)(H,31,35)(H,33,34);1H,(H,2,3). The van der Waals surface area contributed by atoms with E-state index in [4.69, 9.17) is 9.90 Å². The molecule has 2 unspecified atom stereocenters. The summed E-state index contributed by atoms with van der Waals surface area (Å²) in [6.07, 6.45) is 10.8. The number of carboxylic acids is 1. The maximum atomic E-state index is 13.3. The molecular formula is C28H31N5O5. The molecule has 0 aliphatic rings. The molecule has 4 N–H and O–H groups in total. The Kier molecular flexibility index (Phi) is 9.93. The predicted octanol–water partition coefficient (Wildman–Crippen LogP) is 4.56. The number of aromatic amines is 1. The van der Waals surface area contributed by atoms with Crippen molar-refractivity contribution in [2.45, 2.75) is 38.8 Å². The van der Waals surface area contributed by atoms with Crippen LogP contribution in [0.15, 0.2) is 79.6 Å². The molecule has 0 aliphatic carbocycles. The summed E-state index contributed by atoms with van der Waals surface area (Å²) in [4.78, 5) is 44.6. The van der Waals surface area contributed by atoms with Crippen LogP contribution in [0.5, 0.6) is 0 Å². The summed E-state index contributed by atoms with van der Waals surface area (Å²) in [5, 5.41) is 19.4. The second kappa shape index (κ2) is 13.5. The fourth-order valence-electron chi connectivity index (χ4n) is 4.12. The van der Waals surface area contributed by atoms with Gasteiger partial charge in [-0.3, -0.25) is 19.4 Å². The van der Waals surface area contributed by atoms with Crippen LogP contribution in [0.1, 0.15) is 44.6 Å². The number of imidazole rings is 1. The minimum Gasteiger partial charge on any atom is -0.483 e. The van der Waals surface area contributed by atoms with E-state index in [0.29, 0.717) is 18.2 Å². The van der Waals surface area contributed by atoms with Crippen molar-refractivity contribution in [2.75, 3.05) is 0 Å². The summed E-state index contributed by atoms with van der Waals surface area (Å²) in [6.45, 7) is 3.88. The van der Waals surface area contributed by atoms with E-state index in [1.165, 1.54) is 0 Å². The van der Waals surface area contributed by atoms with Gasteiger partial charge in [-0.05, 0) is 52.8 Å². The van der Waals surface area contributed by atoms with Gasteiger partial charge in [-0.25, -0.2) is 4.98 Å². The molecule has 4 aromatic rings. The van der Waals surface area contributed by atoms with Gasteiger partial charge in [-0.15, -0.1) is 0 Å². The Morgan fingerprint density at radius 2 is 1.61 bits per heavy atom. The first-order chi connectivity index (χ1) is 18.3. The number of pyridine rings is 1. The normalized spacial score (nSPS) is 12.2. The van der Waals surface area contributed by atoms with Gasteiger partial charge in [0.05, 0.1) is 12.5 Å². The number of H-pyrrole nitrogens is 1. The van der Waals surface area contributed by atoms with Crippen molar-refractivity contribution in [2.24, 2.45) is 5.92 Å². The minimum atomic E-state index is -1.04. The smallest absolute Gasteiger partial charge is 0.306 e. The fraction of sp³-hybridized carbons (Fsp3) is 0.250. The van der Waals surface area contributed by atoms with Gasteiger partial charge >= 0.3 is 5.97 Å². The van der Waals surface area contributed by atoms with Crippen LogP contribution in [0.2, 0.25) is 0 Å². The van der Waals surface area contributed by atoms with Gasteiger partial charge in [0.2, 0.25) is 5.91 Å². The number of hydrogen-bond acceptors (Lipinski definition) is 5. The molecule has 0 saturated carbocycles. The van der Waals surface area contributed by atoms with Crippen LogP contribution in [0, 0.1) is 5.92 Å². The first-order valence-corrected chi connectivity index (χ1v) is 12.1. The largest absolute Gasteiger partial charge is 0.483 e. The van der Waals surface area contributed by atoms with Crippen LogP contribution in [-0.4, -0.2) is 48.1 Å². The van der Waals surface area contributed by atoms with Crippen molar-refractivity contribution < 1.29 is 24.6 Å². The Balaban J connectivity index is 0.00000127. The summed E-state index contributed by atoms with van der Waals surface area (Å²) in [5.41, 5.74) is 4.03. The lowest BCUT2D eigenvalue weighted by molar-refractivity contribution is -0.140. The quantitative estimate of drug-likeness (QED) is 0.225. The van der Waals surface area contributed by atoms with E-state index >= 15 is 0 Å². The molecule has 4 rings (SSSR count). The van der Waals surface area contributed by atoms with Gasteiger partial charge in [-0.2, -0.15) is 0 Å². The molecule has 0 aliphatic heterocycles. The Morgan fingerprint density at radius 1 is 1.00 bits per heavy atom. The highest BCUT2D eigenvalue weighted by Gasteiger charge is 2.27. The Morgan fingerprint density at radius 3 is 2.16 bits per heavy atom. The monoisotopic (exact) mass is 517 g/mol. The Labute approximate surface area is 220 Å². The number of amides is 1. The van der Waals surface area contributed by atoms with Crippen molar-refractivity contribution in [1.82, 2.24) is 24.8 Å². The van der Waals surface area contributed by atoms with Crippen LogP contribution in [0.3, 0.4) is 0 Å². The molecule has 0 radical (unpaired) electrons. The molecule has 3 heterocycles. The van der Waals surface area contributed by atoms with Crippen molar-refractivity contribution in [3.63, 3.8) is 0 Å². The molecule has 10 heteroatoms. The van der Waals surface area contributed by atoms with E-state index < -0.39 is 12.0 Å². The summed E-state index contributed by atoms with van der Waals surface area (Å²) < 4.78 is 1.67. The predicted molar refractivity (Wildman–Crippen MR) is 142 cm³/mol. The van der Waals surface area contributed by atoms with Crippen molar-refractivity contribution in [3.8, 4) is 22.3 Å². The fourth-order valence-corrected chi connectivity index (χ4v) is 4.12. The number of carboxylic acid groups (broad SMARTS) is 2. The van der Waals surface area contributed by atoms with Gasteiger partial charge in [0.25, 0.3) is 6.47 Å². The molecule has 0 spiro atoms. The van der Waals surface area contributed by atoms with E-state index in [9.17, 15) is 14.7 Å². The van der Waals surface area contributed by atoms with Crippen LogP contribution >= 0.6 is 0 Å². The number of benzene rings is 1. The molecule has 10 nitrogen and oxygen atoms in total. The van der Waals surface area contributed by atoms with Crippen LogP contribution in [0.25, 0.3) is 22.3 Å². The van der Waals surface area contributed by atoms with Crippen LogP contribution in [-0.2, 0) is 14.4 Å². The summed E-state index contributed by atoms with van der Waals surface area (Å²) in [7, 11) is 0. The van der Waals surface area contributed by atoms with Crippen molar-refractivity contribution in [1.29, 1.82) is 0 Å². The SMILES string of the molecule is CC(C)CC(NC(=O)C(CC(=O)O)n1ccc(-c2ccc(-c3ccncc3)cc2)c1)c1ncc[nH]1.O=CO. The first-order valence-electron chi connectivity index (χ1n) is 12.1. The number of aliphatic carboxylic acids is 1. The van der Waals surface area contributed by atoms with Gasteiger partial charge < -0.3 is 25.1 Å². The lowest BCUT2D eigenvalue weighted by Crippen LogP contribution is -2.37. The third-order valence-corrected chi connectivity index (χ3v) is 5.85. The Hall–Kier alpha value is -4.73. The summed E-state index contributed by atoms with van der Waals surface area (Å²) in [6, 6.07) is 12.7. The average Bonchev–Trinajstić information content (AvgIpc) is 3.61. The second-order valence-corrected chi connectivity index (χ2v) is 9.04. The third-order valence-electron chi connectivity index (χ3n) is 5.85. The summed E-state index contributed by atoms with van der Waals surface area (Å²) >= 11 is 0. The van der Waals surface area contributed by atoms with Crippen LogP contribution < -0.4 is 5.32 Å². The number of carbonyl (C=O) groups excluding carboxylic acids is 1. The molecule has 3 aromatic heterocycles. The minimum absolute atomic E-state index is 0.250. The van der Waals surface area contributed by atoms with E-state index in [-0.39, 0.29) is 24.8 Å². The number of hydrogen-bond donors (Lipinski definition) is 4. The number of nitrogens with one attached hydrogen (secondary N) is 2. The molecule has 1 amide bonds. The van der Waals surface area contributed by atoms with E-state index in [1.54, 1.807) is 35.6 Å². The van der Waals surface area contributed by atoms with Crippen LogP contribution in [0.4, 0.5) is 0 Å². The molecular weight excluding hydrogens is 486 g/mol. The zero-order valence-electron chi connectivity index (χ0n) is 21.2. The molecule has 0 bridgehead atoms. The second-order valence-electron chi connectivity index (χ2n) is 9.04. The van der Waals surface area contributed by atoms with Gasteiger partial charge in [-0.1, -0.05) is 38.1 Å². The van der Waals surface area contributed by atoms with Crippen molar-refractivity contribution >= 4 is 18.3 Å². The molecule has 0 saturated heterocycles. The summed E-state index contributed by atoms with van der Waals surface area (Å²) in [5.74, 6) is -0.426. The van der Waals surface area contributed by atoms with Crippen molar-refractivity contribution in [3.05, 3.63) is 85.5 Å². The molecule has 1 aromatic carbocycles. The number of carbonyl (C=O) groups is 3. The van der Waals surface area contributed by atoms with E-state index in [0.717, 1.165) is 22.3 Å². The molecule has 38 heavy (non-hydrogen) atoms. The third kappa shape index (κ3) is 7.63. The van der Waals surface area contributed by atoms with E-state index in [1.807, 2.05) is 48.7 Å². The van der Waals surface area contributed by atoms with Gasteiger partial charge in [0.1, 0.15) is 11.9 Å². The highest BCUT2D eigenvalue weighted by Crippen LogP contribution is 2.27. The molecule has 0 fully saturated rings. The molecule has 2 atom stereocenters. The number of nitrogens with zero attached hydrogens (tertiary/aromatic N) is 3. The first kappa shape index (κ1) is 27.9. The average molecular weight is 518 g/mol. The number of rotatable bonds is 10. The topological polar surface area (TPSA) is 150 Å². The van der Waals surface area contributed by atoms with Gasteiger partial charge in [0, 0.05) is 37.2 Å². The zero-order valence-corrected chi connectivity index (χ0v) is 21.2. The maximum absolute atomic E-state index is 13.3. The zero-order chi connectivity index (χ0) is 27.5. The highest BCUT2D eigenvalue weighted by molar-refractivity contribution is 5.85. The maximum Gasteiger partial charge on any atom is 0.306 e. The lowest BCUT2D eigenvalue weighted by atomic mass is 10.0. The lowest BCUT2D eigenvalue weighted by Gasteiger charge is -2.23. The van der Waals surface area contributed by atoms with Gasteiger partial charge in [0.15, 0.2) is 0 Å². The molecule has 198 valence electrons. The number of aromatic nitrogens is 4. The highest BCUT2D eigenvalue weighted by atomic mass is 16.4. The Bertz CT molecular complexity index is 1300. The van der Waals surface area contributed by atoms with E-state index in [2.05, 4.69) is 34.1 Å².